The lowest BCUT2D eigenvalue weighted by Gasteiger charge is -2.09. The van der Waals surface area contributed by atoms with Crippen molar-refractivity contribution in [1.29, 1.82) is 0 Å². The van der Waals surface area contributed by atoms with Crippen LogP contribution in [0.25, 0.3) is 11.0 Å². The van der Waals surface area contributed by atoms with Gasteiger partial charge in [-0.3, -0.25) is 9.59 Å². The highest BCUT2D eigenvalue weighted by molar-refractivity contribution is 6.41. The molecule has 3 aromatic rings. The van der Waals surface area contributed by atoms with Crippen molar-refractivity contribution >= 4 is 45.8 Å². The zero-order chi connectivity index (χ0) is 18.1. The fourth-order valence-electron chi connectivity index (χ4n) is 2.36. The number of hydrogen-bond acceptors (Lipinski definition) is 5. The monoisotopic (exact) mass is 379 g/mol. The van der Waals surface area contributed by atoms with Gasteiger partial charge in [-0.15, -0.1) is 0 Å². The van der Waals surface area contributed by atoms with E-state index in [0.717, 1.165) is 4.68 Å². The molecule has 0 saturated heterocycles. The molecular formula is C16H11Cl2N3O4. The van der Waals surface area contributed by atoms with Crippen molar-refractivity contribution < 1.29 is 9.21 Å². The molecule has 3 rings (SSSR count). The lowest BCUT2D eigenvalue weighted by molar-refractivity contribution is -0.114. The van der Waals surface area contributed by atoms with Gasteiger partial charge in [0.05, 0.1) is 17.8 Å². The average Bonchev–Trinajstić information content (AvgIpc) is 2.54. The number of carbonyl (C=O) groups is 1. The Bertz CT molecular complexity index is 1100. The highest BCUT2D eigenvalue weighted by Gasteiger charge is 2.12. The molecule has 0 saturated carbocycles. The van der Waals surface area contributed by atoms with Crippen LogP contribution in [0, 0.1) is 0 Å². The number of anilines is 1. The largest absolute Gasteiger partial charge is 0.423 e. The number of nitrogens with zero attached hydrogens (tertiary/aromatic N) is 2. The van der Waals surface area contributed by atoms with Crippen molar-refractivity contribution in [3.63, 3.8) is 0 Å². The first kappa shape index (κ1) is 17.2. The van der Waals surface area contributed by atoms with Crippen LogP contribution in [0.5, 0.6) is 0 Å². The van der Waals surface area contributed by atoms with Gasteiger partial charge in [-0.25, -0.2) is 9.48 Å². The van der Waals surface area contributed by atoms with Gasteiger partial charge >= 0.3 is 5.63 Å². The molecule has 0 fully saturated rings. The number of benzene rings is 1. The SMILES string of the molecule is CC(=O)Nc1ccc2c(Cn3ncc(Cl)c(Cl)c3=O)cc(=O)oc2c1. The summed E-state index contributed by atoms with van der Waals surface area (Å²) in [6.45, 7) is 1.39. The van der Waals surface area contributed by atoms with E-state index in [2.05, 4.69) is 10.4 Å². The Morgan fingerprint density at radius 1 is 1.28 bits per heavy atom. The molecule has 0 aliphatic rings. The predicted molar refractivity (Wildman–Crippen MR) is 94.4 cm³/mol. The summed E-state index contributed by atoms with van der Waals surface area (Å²) in [7, 11) is 0. The summed E-state index contributed by atoms with van der Waals surface area (Å²) in [5.41, 5.74) is 0.140. The fourth-order valence-corrected chi connectivity index (χ4v) is 2.63. The van der Waals surface area contributed by atoms with Gasteiger partial charge in [0, 0.05) is 30.1 Å². The van der Waals surface area contributed by atoms with Gasteiger partial charge in [0.25, 0.3) is 5.56 Å². The van der Waals surface area contributed by atoms with Crippen LogP contribution in [-0.2, 0) is 11.3 Å². The summed E-state index contributed by atoms with van der Waals surface area (Å²) in [6.07, 6.45) is 1.26. The average molecular weight is 380 g/mol. The maximum atomic E-state index is 12.1. The molecule has 9 heteroatoms. The molecule has 1 N–H and O–H groups in total. The van der Waals surface area contributed by atoms with E-state index in [4.69, 9.17) is 27.6 Å². The maximum Gasteiger partial charge on any atom is 0.336 e. The fraction of sp³-hybridized carbons (Fsp3) is 0.125. The van der Waals surface area contributed by atoms with E-state index in [9.17, 15) is 14.4 Å². The number of carbonyl (C=O) groups excluding carboxylic acids is 1. The summed E-state index contributed by atoms with van der Waals surface area (Å²) in [4.78, 5) is 35.1. The van der Waals surface area contributed by atoms with E-state index in [1.807, 2.05) is 0 Å². The highest BCUT2D eigenvalue weighted by Crippen LogP contribution is 2.22. The van der Waals surface area contributed by atoms with Gasteiger partial charge in [0.2, 0.25) is 5.91 Å². The first-order valence-electron chi connectivity index (χ1n) is 7.10. The molecule has 25 heavy (non-hydrogen) atoms. The smallest absolute Gasteiger partial charge is 0.336 e. The third-order valence-electron chi connectivity index (χ3n) is 3.41. The number of aromatic nitrogens is 2. The first-order valence-corrected chi connectivity index (χ1v) is 7.86. The minimum atomic E-state index is -0.587. The molecule has 0 spiro atoms. The van der Waals surface area contributed by atoms with E-state index >= 15 is 0 Å². The number of rotatable bonds is 3. The predicted octanol–water partition coefficient (Wildman–Crippen LogP) is 2.66. The number of hydrogen-bond donors (Lipinski definition) is 1. The number of amides is 1. The third kappa shape index (κ3) is 3.57. The molecule has 0 unspecified atom stereocenters. The van der Waals surface area contributed by atoms with Gasteiger partial charge in [-0.1, -0.05) is 23.2 Å². The summed E-state index contributed by atoms with van der Waals surface area (Å²) in [5, 5.41) is 7.05. The number of halogens is 2. The zero-order valence-corrected chi connectivity index (χ0v) is 14.4. The van der Waals surface area contributed by atoms with Crippen molar-refractivity contribution in [1.82, 2.24) is 9.78 Å². The van der Waals surface area contributed by atoms with Gasteiger partial charge in [0.1, 0.15) is 10.6 Å². The lowest BCUT2D eigenvalue weighted by atomic mass is 10.1. The lowest BCUT2D eigenvalue weighted by Crippen LogP contribution is -2.24. The van der Waals surface area contributed by atoms with Crippen LogP contribution in [0.3, 0.4) is 0 Å². The second-order valence-corrected chi connectivity index (χ2v) is 6.04. The standard InChI is InChI=1S/C16H11Cl2N3O4/c1-8(22)20-10-2-3-11-9(4-14(23)25-13(11)5-10)7-21-16(24)15(18)12(17)6-19-21/h2-6H,7H2,1H3,(H,20,22). The molecule has 0 aliphatic carbocycles. The Balaban J connectivity index is 2.10. The molecule has 1 aromatic carbocycles. The van der Waals surface area contributed by atoms with Gasteiger partial charge in [-0.05, 0) is 17.7 Å². The first-order chi connectivity index (χ1) is 11.8. The van der Waals surface area contributed by atoms with Crippen LogP contribution >= 0.6 is 23.2 Å². The van der Waals surface area contributed by atoms with Crippen LogP contribution < -0.4 is 16.5 Å². The number of nitrogens with one attached hydrogen (secondary N) is 1. The van der Waals surface area contributed by atoms with Gasteiger partial charge < -0.3 is 9.73 Å². The molecule has 0 aliphatic heterocycles. The Morgan fingerprint density at radius 3 is 2.76 bits per heavy atom. The van der Waals surface area contributed by atoms with E-state index in [1.54, 1.807) is 12.1 Å². The quantitative estimate of drug-likeness (QED) is 0.705. The van der Waals surface area contributed by atoms with Crippen LogP contribution in [-0.4, -0.2) is 15.7 Å². The zero-order valence-electron chi connectivity index (χ0n) is 12.9. The van der Waals surface area contributed by atoms with Crippen molar-refractivity contribution in [3.8, 4) is 0 Å². The van der Waals surface area contributed by atoms with Crippen molar-refractivity contribution in [2.24, 2.45) is 0 Å². The van der Waals surface area contributed by atoms with E-state index in [0.29, 0.717) is 16.6 Å². The summed E-state index contributed by atoms with van der Waals surface area (Å²) < 4.78 is 6.27. The molecular weight excluding hydrogens is 369 g/mol. The van der Waals surface area contributed by atoms with E-state index < -0.39 is 11.2 Å². The molecule has 1 amide bonds. The Morgan fingerprint density at radius 2 is 2.04 bits per heavy atom. The molecule has 0 bridgehead atoms. The molecule has 2 heterocycles. The Labute approximate surface area is 150 Å². The topological polar surface area (TPSA) is 94.2 Å². The minimum absolute atomic E-state index is 0.0112. The molecule has 0 radical (unpaired) electrons. The second kappa shape index (κ2) is 6.70. The molecule has 2 aromatic heterocycles. The van der Waals surface area contributed by atoms with Gasteiger partial charge in [0.15, 0.2) is 0 Å². The van der Waals surface area contributed by atoms with Crippen LogP contribution in [0.4, 0.5) is 5.69 Å². The van der Waals surface area contributed by atoms with Crippen LogP contribution in [0.2, 0.25) is 10.0 Å². The highest BCUT2D eigenvalue weighted by atomic mass is 35.5. The Hall–Kier alpha value is -2.64. The summed E-state index contributed by atoms with van der Waals surface area (Å²) in [6, 6.07) is 6.16. The number of fused-ring (bicyclic) bond motifs is 1. The summed E-state index contributed by atoms with van der Waals surface area (Å²) in [5.74, 6) is -0.246. The molecule has 0 atom stereocenters. The second-order valence-electron chi connectivity index (χ2n) is 5.25. The third-order valence-corrected chi connectivity index (χ3v) is 4.16. The normalized spacial score (nSPS) is 10.8. The van der Waals surface area contributed by atoms with E-state index in [-0.39, 0.29) is 28.1 Å². The van der Waals surface area contributed by atoms with Crippen molar-refractivity contribution in [3.05, 3.63) is 66.8 Å². The molecule has 7 nitrogen and oxygen atoms in total. The Kier molecular flexibility index (Phi) is 4.61. The van der Waals surface area contributed by atoms with E-state index in [1.165, 1.54) is 25.3 Å². The maximum absolute atomic E-state index is 12.1. The van der Waals surface area contributed by atoms with Crippen molar-refractivity contribution in [2.45, 2.75) is 13.5 Å². The summed E-state index contributed by atoms with van der Waals surface area (Å²) >= 11 is 11.6. The van der Waals surface area contributed by atoms with Crippen molar-refractivity contribution in [2.75, 3.05) is 5.32 Å². The van der Waals surface area contributed by atoms with Crippen LogP contribution in [0.15, 0.2) is 44.5 Å². The van der Waals surface area contributed by atoms with Gasteiger partial charge in [-0.2, -0.15) is 5.10 Å². The van der Waals surface area contributed by atoms with Crippen LogP contribution in [0.1, 0.15) is 12.5 Å². The minimum Gasteiger partial charge on any atom is -0.423 e. The molecule has 128 valence electrons.